The molecule has 3 aromatic carbocycles. The maximum atomic E-state index is 13.2. The molecule has 0 bridgehead atoms. The van der Waals surface area contributed by atoms with Gasteiger partial charge in [-0.2, -0.15) is 20.1 Å². The van der Waals surface area contributed by atoms with Crippen molar-refractivity contribution in [2.45, 2.75) is 20.0 Å². The highest BCUT2D eigenvalue weighted by Crippen LogP contribution is 2.13. The van der Waals surface area contributed by atoms with Gasteiger partial charge in [0.15, 0.2) is 0 Å². The molecule has 0 spiro atoms. The molecule has 3 N–H and O–H groups in total. The lowest BCUT2D eigenvalue weighted by atomic mass is 10.2. The van der Waals surface area contributed by atoms with Gasteiger partial charge in [-0.05, 0) is 47.9 Å². The van der Waals surface area contributed by atoms with Crippen molar-refractivity contribution in [2.24, 2.45) is 5.10 Å². The topological polar surface area (TPSA) is 87.1 Å². The molecule has 34 heavy (non-hydrogen) atoms. The van der Waals surface area contributed by atoms with Crippen LogP contribution in [0.5, 0.6) is 0 Å². The predicted molar refractivity (Wildman–Crippen MR) is 130 cm³/mol. The van der Waals surface area contributed by atoms with Gasteiger partial charge in [0.05, 0.1) is 6.21 Å². The number of hydrogen-bond donors (Lipinski definition) is 3. The molecule has 4 rings (SSSR count). The van der Waals surface area contributed by atoms with E-state index in [-0.39, 0.29) is 17.6 Å². The van der Waals surface area contributed by atoms with Crippen molar-refractivity contribution in [1.29, 1.82) is 0 Å². The van der Waals surface area contributed by atoms with Crippen LogP contribution in [0.2, 0.25) is 0 Å². The Morgan fingerprint density at radius 2 is 1.15 bits per heavy atom. The van der Waals surface area contributed by atoms with Crippen LogP contribution in [0.1, 0.15) is 22.3 Å². The molecule has 0 saturated heterocycles. The van der Waals surface area contributed by atoms with E-state index in [4.69, 9.17) is 0 Å². The SMILES string of the molecule is Cc1ccc(/C=N/Nc2nc(NCc3ccc(F)cc3)nc(NCc3ccc(F)cc3)n2)cc1. The fourth-order valence-corrected chi connectivity index (χ4v) is 2.97. The van der Waals surface area contributed by atoms with E-state index in [2.05, 4.69) is 36.1 Å². The highest BCUT2D eigenvalue weighted by Gasteiger charge is 2.07. The van der Waals surface area contributed by atoms with Gasteiger partial charge >= 0.3 is 0 Å². The van der Waals surface area contributed by atoms with Crippen molar-refractivity contribution in [3.05, 3.63) is 107 Å². The molecule has 0 aliphatic heterocycles. The first kappa shape index (κ1) is 22.8. The molecule has 0 unspecified atom stereocenters. The largest absolute Gasteiger partial charge is 0.350 e. The summed E-state index contributed by atoms with van der Waals surface area (Å²) in [6.45, 7) is 2.81. The Hall–Kier alpha value is -4.40. The fraction of sp³-hybridized carbons (Fsp3) is 0.120. The summed E-state index contributed by atoms with van der Waals surface area (Å²) in [7, 11) is 0. The first-order chi connectivity index (χ1) is 16.5. The van der Waals surface area contributed by atoms with Crippen molar-refractivity contribution in [2.75, 3.05) is 16.1 Å². The number of hydrazone groups is 1. The summed E-state index contributed by atoms with van der Waals surface area (Å²) in [5, 5.41) is 10.4. The minimum absolute atomic E-state index is 0.238. The van der Waals surface area contributed by atoms with E-state index in [0.717, 1.165) is 22.3 Å². The van der Waals surface area contributed by atoms with Crippen LogP contribution < -0.4 is 16.1 Å². The monoisotopic (exact) mass is 459 g/mol. The van der Waals surface area contributed by atoms with Gasteiger partial charge in [-0.15, -0.1) is 0 Å². The van der Waals surface area contributed by atoms with Crippen LogP contribution in [0.3, 0.4) is 0 Å². The molecule has 9 heteroatoms. The molecule has 0 aliphatic rings. The number of nitrogens with one attached hydrogen (secondary N) is 3. The zero-order valence-electron chi connectivity index (χ0n) is 18.5. The van der Waals surface area contributed by atoms with Gasteiger partial charge in [-0.25, -0.2) is 14.2 Å². The van der Waals surface area contributed by atoms with Gasteiger partial charge in [0.2, 0.25) is 17.8 Å². The third-order valence-electron chi connectivity index (χ3n) is 4.82. The Kier molecular flexibility index (Phi) is 7.34. The smallest absolute Gasteiger partial charge is 0.250 e. The van der Waals surface area contributed by atoms with E-state index in [1.54, 1.807) is 30.5 Å². The molecule has 1 aromatic heterocycles. The molecular formula is C25H23F2N7. The summed E-state index contributed by atoms with van der Waals surface area (Å²) in [6, 6.07) is 20.2. The normalized spacial score (nSPS) is 10.9. The first-order valence-electron chi connectivity index (χ1n) is 10.6. The van der Waals surface area contributed by atoms with Crippen LogP contribution >= 0.6 is 0 Å². The van der Waals surface area contributed by atoms with Crippen LogP contribution in [0.15, 0.2) is 77.9 Å². The van der Waals surface area contributed by atoms with Crippen molar-refractivity contribution < 1.29 is 8.78 Å². The average molecular weight is 460 g/mol. The number of aryl methyl sites for hydroxylation is 1. The molecular weight excluding hydrogens is 436 g/mol. The zero-order chi connectivity index (χ0) is 23.8. The van der Waals surface area contributed by atoms with Crippen LogP contribution in [-0.4, -0.2) is 21.2 Å². The lowest BCUT2D eigenvalue weighted by molar-refractivity contribution is 0.626. The lowest BCUT2D eigenvalue weighted by Gasteiger charge is -2.10. The number of aromatic nitrogens is 3. The van der Waals surface area contributed by atoms with Crippen molar-refractivity contribution in [3.63, 3.8) is 0 Å². The number of halogens is 2. The summed E-state index contributed by atoms with van der Waals surface area (Å²) < 4.78 is 26.3. The van der Waals surface area contributed by atoms with E-state index >= 15 is 0 Å². The molecule has 172 valence electrons. The van der Waals surface area contributed by atoms with Gasteiger partial charge in [-0.1, -0.05) is 54.1 Å². The van der Waals surface area contributed by atoms with E-state index in [9.17, 15) is 8.78 Å². The molecule has 4 aromatic rings. The van der Waals surface area contributed by atoms with Gasteiger partial charge in [-0.3, -0.25) is 0 Å². The summed E-state index contributed by atoms with van der Waals surface area (Å²) in [6.07, 6.45) is 1.67. The van der Waals surface area contributed by atoms with Crippen LogP contribution in [0.25, 0.3) is 0 Å². The molecule has 0 saturated carbocycles. The summed E-state index contributed by atoms with van der Waals surface area (Å²) in [5.74, 6) is 0.271. The van der Waals surface area contributed by atoms with Gasteiger partial charge < -0.3 is 10.6 Å². The van der Waals surface area contributed by atoms with Gasteiger partial charge in [0, 0.05) is 13.1 Å². The zero-order valence-corrected chi connectivity index (χ0v) is 18.5. The Morgan fingerprint density at radius 3 is 1.65 bits per heavy atom. The second kappa shape index (κ2) is 11.0. The standard InChI is InChI=1S/C25H23F2N7/c1-17-2-4-20(5-3-17)16-30-34-25-32-23(28-14-18-6-10-21(26)11-7-18)31-24(33-25)29-15-19-8-12-22(27)13-9-19/h2-13,16H,14-15H2,1H3,(H3,28,29,31,32,33,34)/b30-16+. The van der Waals surface area contributed by atoms with E-state index in [0.29, 0.717) is 25.0 Å². The van der Waals surface area contributed by atoms with E-state index in [1.165, 1.54) is 24.3 Å². The van der Waals surface area contributed by atoms with E-state index in [1.807, 2.05) is 31.2 Å². The summed E-state index contributed by atoms with van der Waals surface area (Å²) >= 11 is 0. The Labute approximate surface area is 196 Å². The summed E-state index contributed by atoms with van der Waals surface area (Å²) in [4.78, 5) is 13.1. The quantitative estimate of drug-likeness (QED) is 0.238. The molecule has 0 amide bonds. The second-order valence-corrected chi connectivity index (χ2v) is 7.55. The van der Waals surface area contributed by atoms with Crippen LogP contribution in [-0.2, 0) is 13.1 Å². The Morgan fingerprint density at radius 1 is 0.676 bits per heavy atom. The highest BCUT2D eigenvalue weighted by molar-refractivity contribution is 5.80. The maximum Gasteiger partial charge on any atom is 0.250 e. The van der Waals surface area contributed by atoms with Crippen LogP contribution in [0, 0.1) is 18.6 Å². The molecule has 7 nitrogen and oxygen atoms in total. The van der Waals surface area contributed by atoms with Crippen LogP contribution in [0.4, 0.5) is 26.6 Å². The summed E-state index contributed by atoms with van der Waals surface area (Å²) in [5.41, 5.74) is 6.66. The highest BCUT2D eigenvalue weighted by atomic mass is 19.1. The third kappa shape index (κ3) is 6.80. The molecule has 1 heterocycles. The average Bonchev–Trinajstić information content (AvgIpc) is 2.85. The number of nitrogens with zero attached hydrogens (tertiary/aromatic N) is 4. The van der Waals surface area contributed by atoms with E-state index < -0.39 is 0 Å². The third-order valence-corrected chi connectivity index (χ3v) is 4.82. The first-order valence-corrected chi connectivity index (χ1v) is 10.6. The maximum absolute atomic E-state index is 13.2. The molecule has 0 aliphatic carbocycles. The second-order valence-electron chi connectivity index (χ2n) is 7.55. The lowest BCUT2D eigenvalue weighted by Crippen LogP contribution is -2.11. The van der Waals surface area contributed by atoms with Gasteiger partial charge in [0.25, 0.3) is 0 Å². The van der Waals surface area contributed by atoms with Crippen molar-refractivity contribution in [1.82, 2.24) is 15.0 Å². The van der Waals surface area contributed by atoms with Gasteiger partial charge in [0.1, 0.15) is 11.6 Å². The molecule has 0 atom stereocenters. The number of hydrogen-bond acceptors (Lipinski definition) is 7. The number of anilines is 3. The number of rotatable bonds is 9. The predicted octanol–water partition coefficient (Wildman–Crippen LogP) is 5.13. The fourth-order valence-electron chi connectivity index (χ4n) is 2.97. The Balaban J connectivity index is 1.48. The Bertz CT molecular complexity index is 1170. The minimum Gasteiger partial charge on any atom is -0.350 e. The van der Waals surface area contributed by atoms with Crippen molar-refractivity contribution in [3.8, 4) is 0 Å². The van der Waals surface area contributed by atoms with Crippen molar-refractivity contribution >= 4 is 24.1 Å². The molecule has 0 fully saturated rings. The minimum atomic E-state index is -0.297. The molecule has 0 radical (unpaired) electrons. The number of benzene rings is 3.